The van der Waals surface area contributed by atoms with Gasteiger partial charge in [-0.3, -0.25) is 4.90 Å². The van der Waals surface area contributed by atoms with E-state index in [1.54, 1.807) is 0 Å². The van der Waals surface area contributed by atoms with E-state index in [0.29, 0.717) is 6.04 Å². The van der Waals surface area contributed by atoms with E-state index in [9.17, 15) is 0 Å². The lowest BCUT2D eigenvalue weighted by atomic mass is 10.2. The van der Waals surface area contributed by atoms with Gasteiger partial charge in [-0.05, 0) is 40.4 Å². The van der Waals surface area contributed by atoms with Crippen molar-refractivity contribution < 1.29 is 0 Å². The van der Waals surface area contributed by atoms with Crippen molar-refractivity contribution in [2.24, 2.45) is 0 Å². The van der Waals surface area contributed by atoms with Gasteiger partial charge in [-0.15, -0.1) is 13.2 Å². The molecule has 1 aliphatic heterocycles. The second-order valence-electron chi connectivity index (χ2n) is 4.05. The summed E-state index contributed by atoms with van der Waals surface area (Å²) in [5, 5.41) is 0. The molecule has 2 atom stereocenters. The van der Waals surface area contributed by atoms with Gasteiger partial charge < -0.3 is 4.90 Å². The zero-order valence-corrected chi connectivity index (χ0v) is 12.3. The van der Waals surface area contributed by atoms with E-state index in [2.05, 4.69) is 50.8 Å². The quantitative estimate of drug-likeness (QED) is 0.636. The highest BCUT2D eigenvalue weighted by atomic mass is 15.2. The normalized spacial score (nSPS) is 26.9. The van der Waals surface area contributed by atoms with Crippen LogP contribution in [0.3, 0.4) is 0 Å². The maximum atomic E-state index is 3.00. The molecule has 1 aliphatic rings. The number of hydrogen-bond donors (Lipinski definition) is 0. The Morgan fingerprint density at radius 3 is 2.06 bits per heavy atom. The Morgan fingerprint density at radius 2 is 1.62 bits per heavy atom. The fourth-order valence-corrected chi connectivity index (χ4v) is 1.89. The highest BCUT2D eigenvalue weighted by Crippen LogP contribution is 2.13. The van der Waals surface area contributed by atoms with Crippen LogP contribution < -0.4 is 0 Å². The Hall–Kier alpha value is -0.340. The van der Waals surface area contributed by atoms with Crippen LogP contribution in [0.5, 0.6) is 0 Å². The molecule has 1 rings (SSSR count). The van der Waals surface area contributed by atoms with Gasteiger partial charge in [0.2, 0.25) is 0 Å². The smallest absolute Gasteiger partial charge is 0.0194 e. The third-order valence-corrected chi connectivity index (χ3v) is 3.22. The third-order valence-electron chi connectivity index (χ3n) is 3.22. The van der Waals surface area contributed by atoms with Crippen molar-refractivity contribution in [3.05, 3.63) is 13.2 Å². The molecule has 0 amide bonds. The molecule has 1 saturated heterocycles. The molecule has 0 radical (unpaired) electrons. The Labute approximate surface area is 103 Å². The third kappa shape index (κ3) is 6.29. The lowest BCUT2D eigenvalue weighted by Gasteiger charge is -2.28. The SMILES string of the molecule is C=C.CC.CCN1CCC(C)N(C)C(C)C1. The fraction of sp³-hybridized carbons (Fsp3) is 0.857. The van der Waals surface area contributed by atoms with Crippen LogP contribution in [0.15, 0.2) is 13.2 Å². The maximum Gasteiger partial charge on any atom is 0.0194 e. The summed E-state index contributed by atoms with van der Waals surface area (Å²) in [7, 11) is 2.24. The minimum atomic E-state index is 0.711. The molecule has 16 heavy (non-hydrogen) atoms. The first-order chi connectivity index (χ1) is 7.65. The van der Waals surface area contributed by atoms with E-state index in [1.165, 1.54) is 26.1 Å². The summed E-state index contributed by atoms with van der Waals surface area (Å²) in [5.74, 6) is 0. The van der Waals surface area contributed by atoms with Gasteiger partial charge in [0.05, 0.1) is 0 Å². The van der Waals surface area contributed by atoms with Crippen molar-refractivity contribution in [2.75, 3.05) is 26.7 Å². The van der Waals surface area contributed by atoms with Crippen molar-refractivity contribution in [3.63, 3.8) is 0 Å². The minimum absolute atomic E-state index is 0.711. The van der Waals surface area contributed by atoms with Crippen LogP contribution in [-0.4, -0.2) is 48.6 Å². The molecule has 0 aliphatic carbocycles. The first kappa shape index (κ1) is 18.0. The van der Waals surface area contributed by atoms with E-state index in [4.69, 9.17) is 0 Å². The first-order valence-corrected chi connectivity index (χ1v) is 6.59. The van der Waals surface area contributed by atoms with Crippen LogP contribution in [0, 0.1) is 0 Å². The van der Waals surface area contributed by atoms with Gasteiger partial charge in [-0.1, -0.05) is 20.8 Å². The number of likely N-dealkylation sites (N-methyl/N-ethyl adjacent to an activating group) is 2. The monoisotopic (exact) mass is 228 g/mol. The predicted molar refractivity (Wildman–Crippen MR) is 76.0 cm³/mol. The van der Waals surface area contributed by atoms with Gasteiger partial charge in [-0.25, -0.2) is 0 Å². The van der Waals surface area contributed by atoms with Crippen LogP contribution in [0.25, 0.3) is 0 Å². The molecule has 2 nitrogen and oxygen atoms in total. The highest BCUT2D eigenvalue weighted by molar-refractivity contribution is 4.78. The lowest BCUT2D eigenvalue weighted by molar-refractivity contribution is 0.191. The standard InChI is InChI=1S/C10H22N2.C2H6.C2H4/c1-5-12-7-6-9(2)11(4)10(3)8-12;2*1-2/h9-10H,5-8H2,1-4H3;1-2H3;1-2H2. The van der Waals surface area contributed by atoms with E-state index in [1.807, 2.05) is 13.8 Å². The van der Waals surface area contributed by atoms with E-state index < -0.39 is 0 Å². The second-order valence-corrected chi connectivity index (χ2v) is 4.05. The number of rotatable bonds is 1. The average molecular weight is 228 g/mol. The Balaban J connectivity index is 0. The van der Waals surface area contributed by atoms with E-state index in [0.717, 1.165) is 6.04 Å². The molecular formula is C14H32N2. The molecule has 0 aromatic rings. The maximum absolute atomic E-state index is 3.00. The van der Waals surface area contributed by atoms with Crippen molar-refractivity contribution >= 4 is 0 Å². The van der Waals surface area contributed by atoms with Crippen molar-refractivity contribution in [2.45, 2.75) is 53.1 Å². The molecule has 0 aromatic heterocycles. The minimum Gasteiger partial charge on any atom is -0.302 e. The summed E-state index contributed by atoms with van der Waals surface area (Å²) in [4.78, 5) is 5.04. The van der Waals surface area contributed by atoms with Crippen LogP contribution in [0.1, 0.15) is 41.0 Å². The molecule has 0 saturated carbocycles. The summed E-state index contributed by atoms with van der Waals surface area (Å²) >= 11 is 0. The Bertz CT molecular complexity index is 148. The molecule has 0 N–H and O–H groups in total. The average Bonchev–Trinajstić information content (AvgIpc) is 2.48. The van der Waals surface area contributed by atoms with E-state index >= 15 is 0 Å². The Morgan fingerprint density at radius 1 is 1.12 bits per heavy atom. The van der Waals surface area contributed by atoms with Crippen molar-refractivity contribution in [1.29, 1.82) is 0 Å². The summed E-state index contributed by atoms with van der Waals surface area (Å²) in [6.45, 7) is 20.6. The van der Waals surface area contributed by atoms with Crippen LogP contribution in [0.2, 0.25) is 0 Å². The zero-order valence-electron chi connectivity index (χ0n) is 12.3. The second kappa shape index (κ2) is 11.2. The molecule has 2 heteroatoms. The molecule has 0 aromatic carbocycles. The van der Waals surface area contributed by atoms with Gasteiger partial charge in [-0.2, -0.15) is 0 Å². The molecule has 0 bridgehead atoms. The molecule has 1 heterocycles. The van der Waals surface area contributed by atoms with Crippen LogP contribution >= 0.6 is 0 Å². The molecule has 1 fully saturated rings. The summed E-state index contributed by atoms with van der Waals surface area (Å²) < 4.78 is 0. The van der Waals surface area contributed by atoms with Crippen LogP contribution in [0.4, 0.5) is 0 Å². The Kier molecular flexibility index (Phi) is 12.6. The van der Waals surface area contributed by atoms with Crippen LogP contribution in [-0.2, 0) is 0 Å². The summed E-state index contributed by atoms with van der Waals surface area (Å²) in [5.41, 5.74) is 0. The molecule has 2 unspecified atom stereocenters. The fourth-order valence-electron chi connectivity index (χ4n) is 1.89. The number of nitrogens with zero attached hydrogens (tertiary/aromatic N) is 2. The topological polar surface area (TPSA) is 6.48 Å². The summed E-state index contributed by atoms with van der Waals surface area (Å²) in [6.07, 6.45) is 1.31. The number of hydrogen-bond acceptors (Lipinski definition) is 2. The van der Waals surface area contributed by atoms with Gasteiger partial charge in [0, 0.05) is 18.6 Å². The predicted octanol–water partition coefficient (Wildman–Crippen LogP) is 3.25. The molecule has 0 spiro atoms. The lowest BCUT2D eigenvalue weighted by Crippen LogP contribution is -2.39. The van der Waals surface area contributed by atoms with Gasteiger partial charge in [0.25, 0.3) is 0 Å². The summed E-state index contributed by atoms with van der Waals surface area (Å²) in [6, 6.07) is 1.46. The molecule has 98 valence electrons. The zero-order chi connectivity index (χ0) is 13.1. The van der Waals surface area contributed by atoms with Gasteiger partial charge in [0.1, 0.15) is 0 Å². The molecular weight excluding hydrogens is 196 g/mol. The largest absolute Gasteiger partial charge is 0.302 e. The van der Waals surface area contributed by atoms with Crippen molar-refractivity contribution in [1.82, 2.24) is 9.80 Å². The van der Waals surface area contributed by atoms with E-state index in [-0.39, 0.29) is 0 Å². The van der Waals surface area contributed by atoms with Crippen molar-refractivity contribution in [3.8, 4) is 0 Å². The van der Waals surface area contributed by atoms with Gasteiger partial charge in [0.15, 0.2) is 0 Å². The first-order valence-electron chi connectivity index (χ1n) is 6.59. The highest BCUT2D eigenvalue weighted by Gasteiger charge is 2.22. The van der Waals surface area contributed by atoms with Gasteiger partial charge >= 0.3 is 0 Å².